The summed E-state index contributed by atoms with van der Waals surface area (Å²) in [6.45, 7) is 2.99. The second-order valence-corrected chi connectivity index (χ2v) is 7.91. The average molecular weight is 363 g/mol. The van der Waals surface area contributed by atoms with Crippen LogP contribution >= 0.6 is 0 Å². The maximum atomic E-state index is 5.95. The monoisotopic (exact) mass is 362 g/mol. The van der Waals surface area contributed by atoms with Crippen molar-refractivity contribution in [2.45, 2.75) is 38.1 Å². The molecule has 3 atom stereocenters. The maximum absolute atomic E-state index is 5.95. The van der Waals surface area contributed by atoms with Gasteiger partial charge in [0.2, 0.25) is 0 Å². The first-order chi connectivity index (χ1) is 13.2. The molecule has 2 aliphatic rings. The van der Waals surface area contributed by atoms with Crippen molar-refractivity contribution in [3.8, 4) is 5.75 Å². The number of fused-ring (bicyclic) bond motifs is 3. The maximum Gasteiger partial charge on any atom is 0.119 e. The summed E-state index contributed by atoms with van der Waals surface area (Å²) in [6.07, 6.45) is 8.12. The number of unbranched alkanes of at least 4 members (excludes halogenated alkanes) is 1. The molecule has 0 saturated carbocycles. The Labute approximate surface area is 163 Å². The molecule has 0 bridgehead atoms. The van der Waals surface area contributed by atoms with E-state index in [0.717, 1.165) is 31.6 Å². The van der Waals surface area contributed by atoms with Crippen LogP contribution in [0.1, 0.15) is 49.3 Å². The molecule has 27 heavy (non-hydrogen) atoms. The SMILES string of the molecule is CCCCOc1ccc2c(c1)C1C=CCC1C(c1ccc(N(C)C)cc1)N2. The predicted octanol–water partition coefficient (Wildman–Crippen LogP) is 5.76. The zero-order valence-electron chi connectivity index (χ0n) is 16.6. The van der Waals surface area contributed by atoms with Crippen molar-refractivity contribution < 1.29 is 4.74 Å². The van der Waals surface area contributed by atoms with Crippen molar-refractivity contribution in [3.63, 3.8) is 0 Å². The highest BCUT2D eigenvalue weighted by Gasteiger charge is 2.38. The molecule has 1 aliphatic heterocycles. The van der Waals surface area contributed by atoms with E-state index in [4.69, 9.17) is 4.74 Å². The molecule has 0 aromatic heterocycles. The molecule has 4 rings (SSSR count). The van der Waals surface area contributed by atoms with Crippen molar-refractivity contribution >= 4 is 11.4 Å². The molecule has 1 N–H and O–H groups in total. The number of rotatable bonds is 6. The zero-order chi connectivity index (χ0) is 18.8. The van der Waals surface area contributed by atoms with Gasteiger partial charge in [0.25, 0.3) is 0 Å². The average Bonchev–Trinajstić information content (AvgIpc) is 3.18. The predicted molar refractivity (Wildman–Crippen MR) is 114 cm³/mol. The van der Waals surface area contributed by atoms with E-state index in [1.165, 1.54) is 22.5 Å². The minimum atomic E-state index is 0.348. The number of ether oxygens (including phenoxy) is 1. The van der Waals surface area contributed by atoms with Crippen LogP contribution in [0.5, 0.6) is 5.75 Å². The lowest BCUT2D eigenvalue weighted by molar-refractivity contribution is 0.308. The van der Waals surface area contributed by atoms with Gasteiger partial charge in [-0.05, 0) is 60.2 Å². The van der Waals surface area contributed by atoms with Crippen LogP contribution in [0.2, 0.25) is 0 Å². The molecule has 0 amide bonds. The number of hydrogen-bond acceptors (Lipinski definition) is 3. The molecule has 1 heterocycles. The summed E-state index contributed by atoms with van der Waals surface area (Å²) in [4.78, 5) is 2.15. The molecule has 0 fully saturated rings. The van der Waals surface area contributed by atoms with E-state index in [0.29, 0.717) is 17.9 Å². The van der Waals surface area contributed by atoms with E-state index in [1.54, 1.807) is 0 Å². The summed E-state index contributed by atoms with van der Waals surface area (Å²) < 4.78 is 5.95. The smallest absolute Gasteiger partial charge is 0.119 e. The van der Waals surface area contributed by atoms with E-state index in [2.05, 4.69) is 85.9 Å². The summed E-state index contributed by atoms with van der Waals surface area (Å²) in [5, 5.41) is 3.82. The minimum absolute atomic E-state index is 0.348. The molecule has 0 radical (unpaired) electrons. The Morgan fingerprint density at radius 1 is 1.11 bits per heavy atom. The Morgan fingerprint density at radius 2 is 1.93 bits per heavy atom. The first-order valence-electron chi connectivity index (χ1n) is 10.1. The molecule has 142 valence electrons. The van der Waals surface area contributed by atoms with Crippen LogP contribution in [0.15, 0.2) is 54.6 Å². The van der Waals surface area contributed by atoms with Crippen LogP contribution in [0, 0.1) is 5.92 Å². The fourth-order valence-electron chi connectivity index (χ4n) is 4.31. The molecule has 2 aromatic rings. The van der Waals surface area contributed by atoms with Crippen molar-refractivity contribution in [2.24, 2.45) is 5.92 Å². The molecule has 3 heteroatoms. The molecular formula is C24H30N2O. The summed E-state index contributed by atoms with van der Waals surface area (Å²) >= 11 is 0. The minimum Gasteiger partial charge on any atom is -0.494 e. The Kier molecular flexibility index (Phi) is 5.11. The molecular weight excluding hydrogens is 332 g/mol. The molecule has 3 nitrogen and oxygen atoms in total. The normalized spacial score (nSPS) is 22.7. The molecule has 2 aromatic carbocycles. The van der Waals surface area contributed by atoms with Crippen LogP contribution in [-0.4, -0.2) is 20.7 Å². The van der Waals surface area contributed by atoms with Gasteiger partial charge in [0.15, 0.2) is 0 Å². The van der Waals surface area contributed by atoms with Crippen LogP contribution in [0.25, 0.3) is 0 Å². The first kappa shape index (κ1) is 18.0. The Hall–Kier alpha value is -2.42. The third-order valence-corrected chi connectivity index (χ3v) is 5.87. The topological polar surface area (TPSA) is 24.5 Å². The lowest BCUT2D eigenvalue weighted by atomic mass is 9.77. The van der Waals surface area contributed by atoms with Crippen molar-refractivity contribution in [1.82, 2.24) is 0 Å². The quantitative estimate of drug-likeness (QED) is 0.522. The van der Waals surface area contributed by atoms with Gasteiger partial charge in [0, 0.05) is 31.4 Å². The highest BCUT2D eigenvalue weighted by molar-refractivity contribution is 5.62. The standard InChI is InChI=1S/C24H30N2O/c1-4-5-15-27-19-13-14-23-22(16-19)20-7-6-8-21(20)24(25-23)17-9-11-18(12-10-17)26(2)3/h6-7,9-14,16,20-21,24-25H,4-5,8,15H2,1-3H3. The molecule has 1 aliphatic carbocycles. The van der Waals surface area contributed by atoms with Crippen molar-refractivity contribution in [3.05, 3.63) is 65.7 Å². The van der Waals surface area contributed by atoms with E-state index < -0.39 is 0 Å². The van der Waals surface area contributed by atoms with Crippen molar-refractivity contribution in [2.75, 3.05) is 30.9 Å². The summed E-state index contributed by atoms with van der Waals surface area (Å²) in [5.41, 5.74) is 5.23. The number of nitrogens with one attached hydrogen (secondary N) is 1. The Balaban J connectivity index is 1.60. The van der Waals surface area contributed by atoms with Crippen LogP contribution < -0.4 is 15.0 Å². The lowest BCUT2D eigenvalue weighted by Crippen LogP contribution is -2.29. The van der Waals surface area contributed by atoms with Gasteiger partial charge in [-0.15, -0.1) is 0 Å². The van der Waals surface area contributed by atoms with Crippen LogP contribution in [0.3, 0.4) is 0 Å². The number of nitrogens with zero attached hydrogens (tertiary/aromatic N) is 1. The second kappa shape index (κ2) is 7.67. The Morgan fingerprint density at radius 3 is 2.67 bits per heavy atom. The summed E-state index contributed by atoms with van der Waals surface area (Å²) in [7, 11) is 4.17. The summed E-state index contributed by atoms with van der Waals surface area (Å²) in [5.74, 6) is 2.03. The molecule has 0 spiro atoms. The first-order valence-corrected chi connectivity index (χ1v) is 10.1. The largest absolute Gasteiger partial charge is 0.494 e. The second-order valence-electron chi connectivity index (χ2n) is 7.91. The van der Waals surface area contributed by atoms with Gasteiger partial charge in [-0.1, -0.05) is 37.6 Å². The molecule has 3 unspecified atom stereocenters. The van der Waals surface area contributed by atoms with Gasteiger partial charge in [-0.25, -0.2) is 0 Å². The van der Waals surface area contributed by atoms with Gasteiger partial charge < -0.3 is 15.0 Å². The Bertz CT molecular complexity index is 810. The van der Waals surface area contributed by atoms with Crippen LogP contribution in [-0.2, 0) is 0 Å². The molecule has 0 saturated heterocycles. The van der Waals surface area contributed by atoms with Crippen LogP contribution in [0.4, 0.5) is 11.4 Å². The van der Waals surface area contributed by atoms with E-state index in [1.807, 2.05) is 0 Å². The van der Waals surface area contributed by atoms with Crippen molar-refractivity contribution in [1.29, 1.82) is 0 Å². The number of benzene rings is 2. The fourth-order valence-corrected chi connectivity index (χ4v) is 4.31. The third kappa shape index (κ3) is 3.55. The lowest BCUT2D eigenvalue weighted by Gasteiger charge is -2.37. The van der Waals surface area contributed by atoms with E-state index >= 15 is 0 Å². The number of allylic oxidation sites excluding steroid dienone is 2. The zero-order valence-corrected chi connectivity index (χ0v) is 16.6. The van der Waals surface area contributed by atoms with Gasteiger partial charge in [-0.2, -0.15) is 0 Å². The summed E-state index contributed by atoms with van der Waals surface area (Å²) in [6, 6.07) is 15.9. The third-order valence-electron chi connectivity index (χ3n) is 5.87. The number of anilines is 2. The van der Waals surface area contributed by atoms with Gasteiger partial charge in [0.1, 0.15) is 5.75 Å². The highest BCUT2D eigenvalue weighted by Crippen LogP contribution is 2.50. The fraction of sp³-hybridized carbons (Fsp3) is 0.417. The van der Waals surface area contributed by atoms with E-state index in [-0.39, 0.29) is 0 Å². The van der Waals surface area contributed by atoms with E-state index in [9.17, 15) is 0 Å². The highest BCUT2D eigenvalue weighted by atomic mass is 16.5. The number of hydrogen-bond donors (Lipinski definition) is 1. The van der Waals surface area contributed by atoms with Gasteiger partial charge in [-0.3, -0.25) is 0 Å². The van der Waals surface area contributed by atoms with Gasteiger partial charge >= 0.3 is 0 Å². The van der Waals surface area contributed by atoms with Gasteiger partial charge in [0.05, 0.1) is 12.6 Å².